The SMILES string of the molecule is CC(C)(C(=O)C1CNCCN1C(=O)C(C)(C)C(Br)(Br)Br)C(Br)(Br)Br. The Morgan fingerprint density at radius 1 is 0.917 bits per heavy atom. The van der Waals surface area contributed by atoms with Crippen LogP contribution in [0.4, 0.5) is 0 Å². The zero-order valence-electron chi connectivity index (χ0n) is 13.7. The summed E-state index contributed by atoms with van der Waals surface area (Å²) in [5.74, 6) is -0.137. The first kappa shape index (κ1) is 24.0. The van der Waals surface area contributed by atoms with Crippen molar-refractivity contribution >= 4 is 107 Å². The van der Waals surface area contributed by atoms with Crippen LogP contribution in [0.15, 0.2) is 0 Å². The Morgan fingerprint density at radius 3 is 1.79 bits per heavy atom. The lowest BCUT2D eigenvalue weighted by molar-refractivity contribution is -0.149. The molecule has 0 aliphatic carbocycles. The van der Waals surface area contributed by atoms with Crippen molar-refractivity contribution in [1.29, 1.82) is 0 Å². The zero-order chi connectivity index (χ0) is 19.1. The molecular formula is C14H20Br6N2O2. The lowest BCUT2D eigenvalue weighted by atomic mass is 9.83. The maximum absolute atomic E-state index is 13.2. The number of amides is 1. The smallest absolute Gasteiger partial charge is 0.232 e. The van der Waals surface area contributed by atoms with Crippen LogP contribution in [-0.4, -0.2) is 46.6 Å². The van der Waals surface area contributed by atoms with Crippen LogP contribution in [0.2, 0.25) is 0 Å². The van der Waals surface area contributed by atoms with E-state index < -0.39 is 21.2 Å². The average Bonchev–Trinajstić information content (AvgIpc) is 2.43. The molecule has 4 nitrogen and oxygen atoms in total. The maximum atomic E-state index is 13.2. The van der Waals surface area contributed by atoms with Gasteiger partial charge in [0.25, 0.3) is 0 Å². The molecule has 0 aromatic rings. The van der Waals surface area contributed by atoms with Gasteiger partial charge in [0.2, 0.25) is 5.91 Å². The average molecular weight is 728 g/mol. The van der Waals surface area contributed by atoms with Crippen LogP contribution in [0.5, 0.6) is 0 Å². The molecule has 1 heterocycles. The highest BCUT2D eigenvalue weighted by atomic mass is 80.0. The van der Waals surface area contributed by atoms with Gasteiger partial charge in [-0.05, 0) is 27.7 Å². The van der Waals surface area contributed by atoms with E-state index in [2.05, 4.69) is 101 Å². The Bertz CT molecular complexity index is 464. The van der Waals surface area contributed by atoms with Gasteiger partial charge in [-0.3, -0.25) is 9.59 Å². The first-order valence-electron chi connectivity index (χ1n) is 7.24. The molecule has 1 atom stereocenters. The molecule has 1 rings (SSSR count). The standard InChI is InChI=1S/C14H20Br6N2O2/c1-11(2,13(15,16)17)9(23)8-7-21-5-6-22(8)10(24)12(3,4)14(18,19)20/h8,21H,5-7H2,1-4H3. The van der Waals surface area contributed by atoms with Crippen molar-refractivity contribution in [2.75, 3.05) is 19.6 Å². The van der Waals surface area contributed by atoms with E-state index in [1.54, 1.807) is 4.90 Å². The van der Waals surface area contributed by atoms with Crippen molar-refractivity contribution in [3.8, 4) is 0 Å². The molecule has 0 spiro atoms. The number of carbonyl (C=O) groups is 2. The van der Waals surface area contributed by atoms with Crippen molar-refractivity contribution in [2.24, 2.45) is 10.8 Å². The van der Waals surface area contributed by atoms with Crippen molar-refractivity contribution in [3.05, 3.63) is 0 Å². The van der Waals surface area contributed by atoms with Gasteiger partial charge in [0.15, 0.2) is 5.78 Å². The Labute approximate surface area is 193 Å². The molecule has 1 amide bonds. The molecular weight excluding hydrogens is 708 g/mol. The molecule has 1 N–H and O–H groups in total. The molecule has 0 saturated carbocycles. The third-order valence-electron chi connectivity index (χ3n) is 4.37. The third kappa shape index (κ3) is 4.87. The normalized spacial score (nSPS) is 20.9. The number of carbonyl (C=O) groups excluding carboxylic acids is 2. The number of piperazine rings is 1. The lowest BCUT2D eigenvalue weighted by Gasteiger charge is -2.45. The van der Waals surface area contributed by atoms with Crippen molar-refractivity contribution in [3.63, 3.8) is 0 Å². The van der Waals surface area contributed by atoms with Crippen LogP contribution >= 0.6 is 95.6 Å². The second-order valence-corrected chi connectivity index (χ2v) is 20.4. The number of rotatable bonds is 3. The van der Waals surface area contributed by atoms with Gasteiger partial charge in [-0.2, -0.15) is 0 Å². The Hall–Kier alpha value is 1.98. The molecule has 1 saturated heterocycles. The monoisotopic (exact) mass is 722 g/mol. The molecule has 24 heavy (non-hydrogen) atoms. The van der Waals surface area contributed by atoms with Crippen LogP contribution in [0, 0.1) is 10.8 Å². The minimum atomic E-state index is -0.804. The highest BCUT2D eigenvalue weighted by Crippen LogP contribution is 2.52. The van der Waals surface area contributed by atoms with Crippen LogP contribution in [-0.2, 0) is 9.59 Å². The van der Waals surface area contributed by atoms with E-state index in [4.69, 9.17) is 0 Å². The topological polar surface area (TPSA) is 49.4 Å². The highest BCUT2D eigenvalue weighted by Gasteiger charge is 2.53. The summed E-state index contributed by atoms with van der Waals surface area (Å²) in [5.41, 5.74) is -1.59. The fourth-order valence-corrected chi connectivity index (χ4v) is 3.31. The Balaban J connectivity index is 3.19. The zero-order valence-corrected chi connectivity index (χ0v) is 23.2. The molecule has 1 unspecified atom stereocenters. The first-order chi connectivity index (χ1) is 10.5. The van der Waals surface area contributed by atoms with E-state index in [1.165, 1.54) is 0 Å². The summed E-state index contributed by atoms with van der Waals surface area (Å²) in [6, 6.07) is -0.539. The summed E-state index contributed by atoms with van der Waals surface area (Å²) in [7, 11) is 0. The largest absolute Gasteiger partial charge is 0.329 e. The molecule has 1 aliphatic rings. The van der Waals surface area contributed by atoms with Crippen molar-refractivity contribution < 1.29 is 9.59 Å². The number of alkyl halides is 6. The van der Waals surface area contributed by atoms with E-state index in [-0.39, 0.29) is 11.7 Å². The van der Waals surface area contributed by atoms with E-state index >= 15 is 0 Å². The highest BCUT2D eigenvalue weighted by molar-refractivity contribution is 9.39. The number of nitrogens with one attached hydrogen (secondary N) is 1. The molecule has 0 aromatic heterocycles. The van der Waals surface area contributed by atoms with Crippen LogP contribution in [0.1, 0.15) is 27.7 Å². The molecule has 1 aliphatic heterocycles. The predicted octanol–water partition coefficient (Wildman–Crippen LogP) is 5.09. The minimum Gasteiger partial charge on any atom is -0.329 e. The second kappa shape index (κ2) is 8.15. The first-order valence-corrected chi connectivity index (χ1v) is 12.0. The van der Waals surface area contributed by atoms with Gasteiger partial charge in [-0.15, -0.1) is 0 Å². The summed E-state index contributed by atoms with van der Waals surface area (Å²) in [6.45, 7) is 8.90. The number of nitrogens with zero attached hydrogens (tertiary/aromatic N) is 1. The second-order valence-electron chi connectivity index (χ2n) is 6.83. The van der Waals surface area contributed by atoms with Gasteiger partial charge in [-0.1, -0.05) is 95.6 Å². The molecule has 1 fully saturated rings. The number of hydrogen-bond donors (Lipinski definition) is 1. The van der Waals surface area contributed by atoms with E-state index in [0.29, 0.717) is 19.6 Å². The molecule has 0 aromatic carbocycles. The van der Waals surface area contributed by atoms with E-state index in [9.17, 15) is 9.59 Å². The van der Waals surface area contributed by atoms with Gasteiger partial charge in [-0.25, -0.2) is 0 Å². The van der Waals surface area contributed by atoms with Crippen molar-refractivity contribution in [2.45, 2.75) is 38.0 Å². The summed E-state index contributed by atoms with van der Waals surface area (Å²) in [5, 5.41) is 3.22. The molecule has 10 heteroatoms. The predicted molar refractivity (Wildman–Crippen MR) is 120 cm³/mol. The summed E-state index contributed by atoms with van der Waals surface area (Å²) in [4.78, 5) is 28.1. The van der Waals surface area contributed by atoms with Crippen LogP contribution in [0.3, 0.4) is 0 Å². The molecule has 0 radical (unpaired) electrons. The Morgan fingerprint density at radius 2 is 1.38 bits per heavy atom. The van der Waals surface area contributed by atoms with Crippen molar-refractivity contribution in [1.82, 2.24) is 10.2 Å². The van der Waals surface area contributed by atoms with Gasteiger partial charge in [0.1, 0.15) is 10.3 Å². The number of halogens is 6. The number of ketones is 1. The fraction of sp³-hybridized carbons (Fsp3) is 0.857. The summed E-state index contributed by atoms with van der Waals surface area (Å²) >= 11 is 20.8. The van der Waals surface area contributed by atoms with Gasteiger partial charge in [0.05, 0.1) is 10.8 Å². The minimum absolute atomic E-state index is 0.0335. The lowest BCUT2D eigenvalue weighted by Crippen LogP contribution is -2.63. The summed E-state index contributed by atoms with van der Waals surface area (Å²) < 4.78 is -1.50. The Kier molecular flexibility index (Phi) is 8.16. The maximum Gasteiger partial charge on any atom is 0.232 e. The van der Waals surface area contributed by atoms with E-state index in [1.807, 2.05) is 27.7 Å². The fourth-order valence-electron chi connectivity index (χ4n) is 2.22. The van der Waals surface area contributed by atoms with Crippen LogP contribution in [0.25, 0.3) is 0 Å². The number of hydrogen-bond acceptors (Lipinski definition) is 3. The van der Waals surface area contributed by atoms with Gasteiger partial charge < -0.3 is 10.2 Å². The summed E-state index contributed by atoms with van der Waals surface area (Å²) in [6.07, 6.45) is 0. The van der Waals surface area contributed by atoms with Gasteiger partial charge in [0, 0.05) is 19.6 Å². The quantitative estimate of drug-likeness (QED) is 0.413. The number of Topliss-reactive ketones (excluding diaryl/α,β-unsaturated/α-hetero) is 1. The van der Waals surface area contributed by atoms with Gasteiger partial charge >= 0.3 is 0 Å². The molecule has 140 valence electrons. The third-order valence-corrected chi connectivity index (χ3v) is 10.3. The molecule has 0 bridgehead atoms. The van der Waals surface area contributed by atoms with E-state index in [0.717, 1.165) is 0 Å². The van der Waals surface area contributed by atoms with Crippen LogP contribution < -0.4 is 5.32 Å².